The molecular weight excluding hydrogens is 538 g/mol. The molecule has 2 saturated heterocycles. The summed E-state index contributed by atoms with van der Waals surface area (Å²) in [6.45, 7) is 9.50. The number of aryl methyl sites for hydroxylation is 1. The minimum Gasteiger partial charge on any atom is -0.512 e. The molecule has 2 aliphatic rings. The Morgan fingerprint density at radius 1 is 1.12 bits per heavy atom. The predicted molar refractivity (Wildman–Crippen MR) is 161 cm³/mol. The number of nitrogens with one attached hydrogen (secondary N) is 1. The number of amides is 2. The molecule has 10 heteroatoms. The third-order valence-corrected chi connectivity index (χ3v) is 9.37. The number of aromatic nitrogens is 1. The van der Waals surface area contributed by atoms with Crippen LogP contribution in [0.2, 0.25) is 0 Å². The maximum atomic E-state index is 13.8. The van der Waals surface area contributed by atoms with Gasteiger partial charge in [0.15, 0.2) is 0 Å². The molecule has 4 rings (SSSR count). The number of piperidine rings is 1. The van der Waals surface area contributed by atoms with Crippen LogP contribution in [0, 0.1) is 24.7 Å². The number of aldehydes is 1. The fourth-order valence-electron chi connectivity index (χ4n) is 5.87. The Morgan fingerprint density at radius 2 is 1.80 bits per heavy atom. The van der Waals surface area contributed by atoms with Gasteiger partial charge in [0, 0.05) is 25.6 Å². The maximum absolute atomic E-state index is 13.8. The number of likely N-dealkylation sites (tertiary alicyclic amines) is 2. The summed E-state index contributed by atoms with van der Waals surface area (Å²) in [6.07, 6.45) is 4.76. The lowest BCUT2D eigenvalue weighted by molar-refractivity contribution is -0.142. The Morgan fingerprint density at radius 3 is 2.39 bits per heavy atom. The van der Waals surface area contributed by atoms with E-state index < -0.39 is 18.1 Å². The lowest BCUT2D eigenvalue weighted by atomic mass is 9.91. The van der Waals surface area contributed by atoms with E-state index in [0.717, 1.165) is 47.2 Å². The lowest BCUT2D eigenvalue weighted by Gasteiger charge is -2.34. The number of aliphatic hydroxyl groups excluding tert-OH is 1. The molecule has 0 saturated carbocycles. The van der Waals surface area contributed by atoms with Crippen molar-refractivity contribution in [2.75, 3.05) is 19.6 Å². The van der Waals surface area contributed by atoms with Gasteiger partial charge in [-0.25, -0.2) is 4.98 Å². The van der Waals surface area contributed by atoms with Crippen LogP contribution in [0.15, 0.2) is 41.6 Å². The van der Waals surface area contributed by atoms with Crippen molar-refractivity contribution >= 4 is 29.4 Å². The molecule has 2 fully saturated rings. The second kappa shape index (κ2) is 13.7. The number of carbonyl (C=O) groups excluding carboxylic acids is 3. The third-order valence-electron chi connectivity index (χ3n) is 8.40. The summed E-state index contributed by atoms with van der Waals surface area (Å²) in [6, 6.07) is 7.29. The average molecular weight is 582 g/mol. The fraction of sp³-hybridized carbons (Fsp3) is 0.548. The van der Waals surface area contributed by atoms with Crippen LogP contribution in [0.25, 0.3) is 10.4 Å². The second-order valence-electron chi connectivity index (χ2n) is 11.6. The van der Waals surface area contributed by atoms with Crippen molar-refractivity contribution in [2.45, 2.75) is 71.6 Å². The van der Waals surface area contributed by atoms with E-state index in [9.17, 15) is 19.5 Å². The number of hydrogen-bond acceptors (Lipinski definition) is 8. The van der Waals surface area contributed by atoms with Gasteiger partial charge < -0.3 is 25.9 Å². The molecule has 222 valence electrons. The SMILES string of the molecule is Cc1ncsc1-c1ccc([C@H](C)NC(=O)[C@@H]2CCCN2C(=O)C(/C(O)=C/C(N)N2CCC(C=O)CC2)C(C)C)cc1. The highest BCUT2D eigenvalue weighted by atomic mass is 32.1. The van der Waals surface area contributed by atoms with Crippen LogP contribution in [0.3, 0.4) is 0 Å². The normalized spacial score (nSPS) is 21.1. The van der Waals surface area contributed by atoms with Crippen molar-refractivity contribution in [3.63, 3.8) is 0 Å². The maximum Gasteiger partial charge on any atom is 0.243 e. The molecule has 2 aromatic rings. The second-order valence-corrected chi connectivity index (χ2v) is 12.5. The van der Waals surface area contributed by atoms with Gasteiger partial charge in [0.25, 0.3) is 0 Å². The van der Waals surface area contributed by atoms with E-state index in [1.54, 1.807) is 22.3 Å². The first-order valence-corrected chi connectivity index (χ1v) is 15.5. The number of thiazole rings is 1. The zero-order valence-corrected chi connectivity index (χ0v) is 25.3. The standard InChI is InChI=1S/C31H43N5O4S/c1-19(2)28(26(38)16-27(32)35-14-11-22(17-37)12-15-35)31(40)36-13-5-6-25(36)30(39)34-20(3)23-7-9-24(10-8-23)29-21(4)33-18-41-29/h7-10,16-20,22,25,27-28,38H,5-6,11-15,32H2,1-4H3,(H,34,39)/b26-16-/t20-,25-,27?,28?/m0/s1. The molecule has 2 aliphatic heterocycles. The molecule has 3 heterocycles. The van der Waals surface area contributed by atoms with Crippen LogP contribution < -0.4 is 11.1 Å². The molecule has 0 radical (unpaired) electrons. The lowest BCUT2D eigenvalue weighted by Crippen LogP contribution is -2.49. The van der Waals surface area contributed by atoms with Crippen LogP contribution in [-0.2, 0) is 14.4 Å². The summed E-state index contributed by atoms with van der Waals surface area (Å²) < 4.78 is 0. The van der Waals surface area contributed by atoms with E-state index in [0.29, 0.717) is 26.1 Å². The van der Waals surface area contributed by atoms with E-state index in [4.69, 9.17) is 5.73 Å². The number of rotatable bonds is 10. The largest absolute Gasteiger partial charge is 0.512 e. The number of aliphatic hydroxyl groups is 1. The zero-order valence-electron chi connectivity index (χ0n) is 24.5. The molecule has 0 aliphatic carbocycles. The third kappa shape index (κ3) is 7.23. The zero-order chi connectivity index (χ0) is 29.7. The van der Waals surface area contributed by atoms with E-state index >= 15 is 0 Å². The van der Waals surface area contributed by atoms with E-state index in [1.807, 2.05) is 62.4 Å². The number of hydrogen-bond donors (Lipinski definition) is 3. The van der Waals surface area contributed by atoms with Crippen molar-refractivity contribution < 1.29 is 19.5 Å². The Kier molecular flexibility index (Phi) is 10.3. The first kappa shape index (κ1) is 30.9. The quantitative estimate of drug-likeness (QED) is 0.283. The summed E-state index contributed by atoms with van der Waals surface area (Å²) in [5.41, 5.74) is 11.3. The van der Waals surface area contributed by atoms with E-state index in [2.05, 4.69) is 10.3 Å². The Hall–Kier alpha value is -3.08. The Balaban J connectivity index is 1.40. The summed E-state index contributed by atoms with van der Waals surface area (Å²) in [4.78, 5) is 47.3. The van der Waals surface area contributed by atoms with Gasteiger partial charge in [-0.15, -0.1) is 11.3 Å². The van der Waals surface area contributed by atoms with Crippen molar-refractivity contribution in [1.29, 1.82) is 0 Å². The van der Waals surface area contributed by atoms with Gasteiger partial charge in [-0.2, -0.15) is 0 Å². The number of nitrogens with two attached hydrogens (primary N) is 1. The Bertz CT molecular complexity index is 1240. The molecule has 4 N–H and O–H groups in total. The molecule has 2 amide bonds. The molecule has 1 aromatic heterocycles. The van der Waals surface area contributed by atoms with E-state index in [-0.39, 0.29) is 35.5 Å². The monoisotopic (exact) mass is 581 g/mol. The van der Waals surface area contributed by atoms with Crippen LogP contribution in [0.4, 0.5) is 0 Å². The topological polar surface area (TPSA) is 129 Å². The molecule has 41 heavy (non-hydrogen) atoms. The van der Waals surface area contributed by atoms with Gasteiger partial charge in [-0.3, -0.25) is 14.5 Å². The minimum atomic E-state index is -0.790. The van der Waals surface area contributed by atoms with Crippen molar-refractivity contribution in [1.82, 2.24) is 20.1 Å². The smallest absolute Gasteiger partial charge is 0.243 e. The molecule has 1 aromatic carbocycles. The summed E-state index contributed by atoms with van der Waals surface area (Å²) in [7, 11) is 0. The number of benzene rings is 1. The highest BCUT2D eigenvalue weighted by Crippen LogP contribution is 2.30. The number of carbonyl (C=O) groups is 3. The molecule has 0 bridgehead atoms. The van der Waals surface area contributed by atoms with Crippen LogP contribution in [-0.4, -0.2) is 69.8 Å². The summed E-state index contributed by atoms with van der Waals surface area (Å²) >= 11 is 1.60. The van der Waals surface area contributed by atoms with Crippen molar-refractivity contribution in [3.05, 3.63) is 52.9 Å². The molecule has 9 nitrogen and oxygen atoms in total. The van der Waals surface area contributed by atoms with Gasteiger partial charge in [0.1, 0.15) is 18.1 Å². The fourth-order valence-corrected chi connectivity index (χ4v) is 6.68. The molecular formula is C31H43N5O4S. The first-order chi connectivity index (χ1) is 19.6. The van der Waals surface area contributed by atoms with Gasteiger partial charge in [-0.1, -0.05) is 38.1 Å². The highest BCUT2D eigenvalue weighted by Gasteiger charge is 2.40. The van der Waals surface area contributed by atoms with Crippen molar-refractivity contribution in [3.8, 4) is 10.4 Å². The highest BCUT2D eigenvalue weighted by molar-refractivity contribution is 7.13. The minimum absolute atomic E-state index is 0.0504. The summed E-state index contributed by atoms with van der Waals surface area (Å²) in [5, 5.41) is 14.2. The average Bonchev–Trinajstić information content (AvgIpc) is 3.62. The van der Waals surface area contributed by atoms with Crippen LogP contribution in [0.5, 0.6) is 0 Å². The molecule has 2 unspecified atom stereocenters. The van der Waals surface area contributed by atoms with Crippen LogP contribution >= 0.6 is 11.3 Å². The van der Waals surface area contributed by atoms with E-state index in [1.165, 1.54) is 0 Å². The van der Waals surface area contributed by atoms with Gasteiger partial charge in [-0.05, 0) is 62.7 Å². The molecule has 4 atom stereocenters. The first-order valence-electron chi connectivity index (χ1n) is 14.6. The Labute approximate surface area is 246 Å². The van der Waals surface area contributed by atoms with Gasteiger partial charge in [0.2, 0.25) is 11.8 Å². The van der Waals surface area contributed by atoms with Crippen molar-refractivity contribution in [2.24, 2.45) is 23.5 Å². The molecule has 0 spiro atoms. The van der Waals surface area contributed by atoms with Gasteiger partial charge >= 0.3 is 0 Å². The van der Waals surface area contributed by atoms with Crippen LogP contribution in [0.1, 0.15) is 63.8 Å². The van der Waals surface area contributed by atoms with Gasteiger partial charge in [0.05, 0.1) is 34.2 Å². The number of nitrogens with zero attached hydrogens (tertiary/aromatic N) is 3. The predicted octanol–water partition coefficient (Wildman–Crippen LogP) is 4.20. The summed E-state index contributed by atoms with van der Waals surface area (Å²) in [5.74, 6) is -1.43.